The highest BCUT2D eigenvalue weighted by Gasteiger charge is 2.24. The van der Waals surface area contributed by atoms with Crippen LogP contribution >= 0.6 is 27.5 Å². The van der Waals surface area contributed by atoms with E-state index in [1.54, 1.807) is 30.3 Å². The van der Waals surface area contributed by atoms with Crippen molar-refractivity contribution >= 4 is 67.1 Å². The van der Waals surface area contributed by atoms with Gasteiger partial charge in [-0.3, -0.25) is 19.3 Å². The van der Waals surface area contributed by atoms with Crippen LogP contribution in [-0.4, -0.2) is 24.6 Å². The predicted octanol–water partition coefficient (Wildman–Crippen LogP) is 5.39. The molecule has 0 radical (unpaired) electrons. The fraction of sp³-hybridized carbons (Fsp3) is 0.0455. The van der Waals surface area contributed by atoms with Gasteiger partial charge in [-0.15, -0.1) is 0 Å². The number of hydrogen-bond donors (Lipinski definition) is 2. The SMILES string of the molecule is O=C(NCc1ccc(F)cc1Cl)c1ccc(Br)cc1N(c1cccc2nccnc12)S(=O)O. The molecule has 4 aromatic rings. The van der Waals surface area contributed by atoms with Gasteiger partial charge < -0.3 is 5.32 Å². The summed E-state index contributed by atoms with van der Waals surface area (Å²) in [4.78, 5) is 21.6. The maximum absolute atomic E-state index is 13.3. The number of anilines is 2. The maximum atomic E-state index is 13.3. The molecular formula is C22H15BrClFN4O3S. The van der Waals surface area contributed by atoms with Crippen LogP contribution in [-0.2, 0) is 17.8 Å². The van der Waals surface area contributed by atoms with Crippen molar-refractivity contribution < 1.29 is 17.9 Å². The summed E-state index contributed by atoms with van der Waals surface area (Å²) in [5, 5.41) is 2.90. The molecule has 7 nitrogen and oxygen atoms in total. The van der Waals surface area contributed by atoms with E-state index in [1.807, 2.05) is 0 Å². The van der Waals surface area contributed by atoms with E-state index in [9.17, 15) is 17.9 Å². The largest absolute Gasteiger partial charge is 0.348 e. The first kappa shape index (κ1) is 23.2. The number of rotatable bonds is 6. The van der Waals surface area contributed by atoms with Gasteiger partial charge in [0.2, 0.25) is 0 Å². The lowest BCUT2D eigenvalue weighted by Crippen LogP contribution is -2.27. The lowest BCUT2D eigenvalue weighted by Gasteiger charge is -2.23. The lowest BCUT2D eigenvalue weighted by molar-refractivity contribution is 0.0951. The van der Waals surface area contributed by atoms with Crippen molar-refractivity contribution in [1.82, 2.24) is 15.3 Å². The van der Waals surface area contributed by atoms with Gasteiger partial charge >= 0.3 is 0 Å². The van der Waals surface area contributed by atoms with Gasteiger partial charge in [-0.1, -0.05) is 39.7 Å². The van der Waals surface area contributed by atoms with Crippen LogP contribution < -0.4 is 9.62 Å². The number of amides is 1. The van der Waals surface area contributed by atoms with Crippen LogP contribution in [0.2, 0.25) is 5.02 Å². The van der Waals surface area contributed by atoms with E-state index in [4.69, 9.17) is 11.6 Å². The van der Waals surface area contributed by atoms with Crippen LogP contribution in [0.5, 0.6) is 0 Å². The molecule has 1 atom stereocenters. The number of carbonyl (C=O) groups excluding carboxylic acids is 1. The minimum Gasteiger partial charge on any atom is -0.348 e. The van der Waals surface area contributed by atoms with Crippen molar-refractivity contribution in [2.75, 3.05) is 4.31 Å². The second kappa shape index (κ2) is 9.92. The van der Waals surface area contributed by atoms with Crippen molar-refractivity contribution in [3.05, 3.63) is 93.4 Å². The van der Waals surface area contributed by atoms with E-state index in [2.05, 4.69) is 31.2 Å². The van der Waals surface area contributed by atoms with Gasteiger partial charge in [0.25, 0.3) is 17.2 Å². The van der Waals surface area contributed by atoms with E-state index in [0.717, 1.165) is 10.4 Å². The molecule has 2 N–H and O–H groups in total. The Morgan fingerprint density at radius 3 is 2.67 bits per heavy atom. The normalized spacial score (nSPS) is 11.9. The Morgan fingerprint density at radius 2 is 1.91 bits per heavy atom. The third-order valence-electron chi connectivity index (χ3n) is 4.73. The number of nitrogens with zero attached hydrogens (tertiary/aromatic N) is 3. The highest BCUT2D eigenvalue weighted by Crippen LogP contribution is 2.35. The van der Waals surface area contributed by atoms with E-state index >= 15 is 0 Å². The molecule has 0 saturated carbocycles. The van der Waals surface area contributed by atoms with Crippen LogP contribution in [0.15, 0.2) is 71.5 Å². The zero-order chi connectivity index (χ0) is 23.5. The van der Waals surface area contributed by atoms with Crippen LogP contribution in [0.3, 0.4) is 0 Å². The fourth-order valence-electron chi connectivity index (χ4n) is 3.24. The molecule has 1 heterocycles. The summed E-state index contributed by atoms with van der Waals surface area (Å²) in [6.45, 7) is 0.0371. The molecule has 0 aliphatic heterocycles. The Bertz CT molecular complexity index is 1390. The number of benzene rings is 3. The third-order valence-corrected chi connectivity index (χ3v) is 6.28. The van der Waals surface area contributed by atoms with Gasteiger partial charge in [-0.25, -0.2) is 12.9 Å². The van der Waals surface area contributed by atoms with Crippen molar-refractivity contribution in [2.45, 2.75) is 6.54 Å². The molecule has 1 unspecified atom stereocenters. The summed E-state index contributed by atoms with van der Waals surface area (Å²) in [7, 11) is 0. The molecule has 1 aromatic heterocycles. The number of carbonyl (C=O) groups is 1. The summed E-state index contributed by atoms with van der Waals surface area (Å²) in [6.07, 6.45) is 3.00. The summed E-state index contributed by atoms with van der Waals surface area (Å²) in [5.41, 5.74) is 2.06. The van der Waals surface area contributed by atoms with Crippen LogP contribution in [0, 0.1) is 5.82 Å². The summed E-state index contributed by atoms with van der Waals surface area (Å²) in [6, 6.07) is 13.6. The molecule has 0 aliphatic rings. The van der Waals surface area contributed by atoms with Gasteiger partial charge in [0, 0.05) is 28.4 Å². The molecular weight excluding hydrogens is 535 g/mol. The Hall–Kier alpha value is -2.92. The Balaban J connectivity index is 1.74. The molecule has 4 rings (SSSR count). The molecule has 1 amide bonds. The van der Waals surface area contributed by atoms with Crippen LogP contribution in [0.1, 0.15) is 15.9 Å². The molecule has 0 fully saturated rings. The number of nitrogens with one attached hydrogen (secondary N) is 1. The quantitative estimate of drug-likeness (QED) is 0.315. The third kappa shape index (κ3) is 5.03. The average Bonchev–Trinajstić information content (AvgIpc) is 2.78. The molecule has 0 saturated heterocycles. The van der Waals surface area contributed by atoms with E-state index in [1.165, 1.54) is 30.6 Å². The number of halogens is 3. The molecule has 11 heteroatoms. The highest BCUT2D eigenvalue weighted by molar-refractivity contribution is 9.10. The fourth-order valence-corrected chi connectivity index (χ4v) is 4.46. The lowest BCUT2D eigenvalue weighted by atomic mass is 10.1. The van der Waals surface area contributed by atoms with Gasteiger partial charge in [0.15, 0.2) is 0 Å². The number of aromatic nitrogens is 2. The van der Waals surface area contributed by atoms with Crippen molar-refractivity contribution in [3.8, 4) is 0 Å². The zero-order valence-electron chi connectivity index (χ0n) is 16.7. The van der Waals surface area contributed by atoms with Gasteiger partial charge in [-0.2, -0.15) is 0 Å². The molecule has 0 aliphatic carbocycles. The van der Waals surface area contributed by atoms with Gasteiger partial charge in [0.1, 0.15) is 11.3 Å². The standard InChI is InChI=1S/C22H15BrClFN4O3S/c23-14-5-7-16(22(30)28-12-13-4-6-15(25)11-17(13)24)20(10-14)29(33(31)32)19-3-1-2-18-21(19)27-9-8-26-18/h1-11H,12H2,(H,28,30)(H,31,32). The smallest absolute Gasteiger partial charge is 0.266 e. The monoisotopic (exact) mass is 548 g/mol. The first-order chi connectivity index (χ1) is 15.8. The summed E-state index contributed by atoms with van der Waals surface area (Å²) in [5.74, 6) is -0.996. The first-order valence-electron chi connectivity index (χ1n) is 9.47. The topological polar surface area (TPSA) is 95.4 Å². The zero-order valence-corrected chi connectivity index (χ0v) is 19.9. The summed E-state index contributed by atoms with van der Waals surface area (Å²) >= 11 is 6.86. The minimum atomic E-state index is -2.54. The Labute approximate surface area is 204 Å². The summed E-state index contributed by atoms with van der Waals surface area (Å²) < 4.78 is 37.7. The van der Waals surface area contributed by atoms with Crippen LogP contribution in [0.4, 0.5) is 15.8 Å². The highest BCUT2D eigenvalue weighted by atomic mass is 79.9. The minimum absolute atomic E-state index is 0.0371. The Morgan fingerprint density at radius 1 is 1.12 bits per heavy atom. The molecule has 0 bridgehead atoms. The molecule has 0 spiro atoms. The van der Waals surface area contributed by atoms with Crippen molar-refractivity contribution in [2.24, 2.45) is 0 Å². The number of para-hydroxylation sites is 1. The van der Waals surface area contributed by atoms with Crippen molar-refractivity contribution in [3.63, 3.8) is 0 Å². The molecule has 33 heavy (non-hydrogen) atoms. The van der Waals surface area contributed by atoms with Gasteiger partial charge in [0.05, 0.1) is 22.5 Å². The van der Waals surface area contributed by atoms with Gasteiger partial charge in [-0.05, 0) is 48.0 Å². The van der Waals surface area contributed by atoms with Crippen molar-refractivity contribution in [1.29, 1.82) is 0 Å². The predicted molar refractivity (Wildman–Crippen MR) is 129 cm³/mol. The molecule has 3 aromatic carbocycles. The van der Waals surface area contributed by atoms with E-state index < -0.39 is 23.0 Å². The van der Waals surface area contributed by atoms with E-state index in [0.29, 0.717) is 26.8 Å². The van der Waals surface area contributed by atoms with Crippen LogP contribution in [0.25, 0.3) is 11.0 Å². The van der Waals surface area contributed by atoms with E-state index in [-0.39, 0.29) is 22.8 Å². The first-order valence-corrected chi connectivity index (χ1v) is 11.7. The molecule has 168 valence electrons. The number of fused-ring (bicyclic) bond motifs is 1. The maximum Gasteiger partial charge on any atom is 0.266 e. The second-order valence-corrected chi connectivity index (χ2v) is 8.96. The number of hydrogen-bond acceptors (Lipinski definition) is 4. The second-order valence-electron chi connectivity index (χ2n) is 6.81. The average molecular weight is 550 g/mol. The Kier molecular flexibility index (Phi) is 6.99.